The lowest BCUT2D eigenvalue weighted by Crippen LogP contribution is -2.08. The van der Waals surface area contributed by atoms with E-state index in [0.717, 1.165) is 6.42 Å². The van der Waals surface area contributed by atoms with E-state index in [2.05, 4.69) is 9.97 Å². The molecule has 96 valence electrons. The van der Waals surface area contributed by atoms with Crippen molar-refractivity contribution in [3.63, 3.8) is 0 Å². The monoisotopic (exact) mass is 249 g/mol. The lowest BCUT2D eigenvalue weighted by Gasteiger charge is -2.09. The van der Waals surface area contributed by atoms with Crippen molar-refractivity contribution in [1.82, 2.24) is 9.97 Å². The largest absolute Gasteiger partial charge is 0.491 e. The Bertz CT molecular complexity index is 595. The summed E-state index contributed by atoms with van der Waals surface area (Å²) in [6.45, 7) is 1.14. The third-order valence-electron chi connectivity index (χ3n) is 2.52. The fourth-order valence-electron chi connectivity index (χ4n) is 1.62. The molecule has 0 aliphatic rings. The Kier molecular flexibility index (Phi) is 3.78. The van der Waals surface area contributed by atoms with Crippen LogP contribution in [0.5, 0.6) is 5.75 Å². The average Bonchev–Trinajstić information content (AvgIpc) is 2.36. The molecule has 0 aliphatic carbocycles. The summed E-state index contributed by atoms with van der Waals surface area (Å²) in [5.41, 5.74) is 6.62. The van der Waals surface area contributed by atoms with E-state index in [9.17, 15) is 4.79 Å². The van der Waals surface area contributed by atoms with Gasteiger partial charge in [-0.2, -0.15) is 0 Å². The van der Waals surface area contributed by atoms with E-state index in [0.29, 0.717) is 35.6 Å². The van der Waals surface area contributed by atoms with Crippen LogP contribution in [0, 0.1) is 0 Å². The molecule has 0 radical (unpaired) electrons. The number of nitrogen functional groups attached to an aromatic ring is 1. The molecule has 0 atom stereocenters. The Morgan fingerprint density at radius 2 is 2.22 bits per heavy atom. The first kappa shape index (κ1) is 12.4. The van der Waals surface area contributed by atoms with E-state index < -0.39 is 0 Å². The Labute approximate surface area is 104 Å². The molecule has 6 nitrogen and oxygen atoms in total. The Morgan fingerprint density at radius 1 is 1.39 bits per heavy atom. The second kappa shape index (κ2) is 5.50. The van der Waals surface area contributed by atoms with E-state index in [1.165, 1.54) is 6.33 Å². The van der Waals surface area contributed by atoms with E-state index in [1.807, 2.05) is 0 Å². The SMILES string of the molecule is COCCCOc1cc2nc[nH]c(=O)c2cc1N. The average molecular weight is 249 g/mol. The summed E-state index contributed by atoms with van der Waals surface area (Å²) in [5.74, 6) is 0.539. The molecule has 1 aromatic carbocycles. The molecule has 0 saturated heterocycles. The van der Waals surface area contributed by atoms with Crippen LogP contribution in [0.25, 0.3) is 10.9 Å². The van der Waals surface area contributed by atoms with Crippen molar-refractivity contribution < 1.29 is 9.47 Å². The maximum Gasteiger partial charge on any atom is 0.258 e. The quantitative estimate of drug-likeness (QED) is 0.607. The van der Waals surface area contributed by atoms with Gasteiger partial charge in [-0.05, 0) is 6.07 Å². The summed E-state index contributed by atoms with van der Waals surface area (Å²) in [6, 6.07) is 3.25. The van der Waals surface area contributed by atoms with Gasteiger partial charge < -0.3 is 20.2 Å². The van der Waals surface area contributed by atoms with Gasteiger partial charge in [0.25, 0.3) is 5.56 Å². The number of rotatable bonds is 5. The van der Waals surface area contributed by atoms with Gasteiger partial charge in [-0.1, -0.05) is 0 Å². The molecule has 3 N–H and O–H groups in total. The van der Waals surface area contributed by atoms with Crippen molar-refractivity contribution in [2.45, 2.75) is 6.42 Å². The van der Waals surface area contributed by atoms with Crippen LogP contribution >= 0.6 is 0 Å². The van der Waals surface area contributed by atoms with E-state index in [-0.39, 0.29) is 5.56 Å². The number of H-pyrrole nitrogens is 1. The number of aromatic amines is 1. The highest BCUT2D eigenvalue weighted by Crippen LogP contribution is 2.25. The molecule has 2 aromatic rings. The fourth-order valence-corrected chi connectivity index (χ4v) is 1.62. The highest BCUT2D eigenvalue weighted by Gasteiger charge is 2.06. The van der Waals surface area contributed by atoms with Crippen LogP contribution in [-0.4, -0.2) is 30.3 Å². The number of benzene rings is 1. The highest BCUT2D eigenvalue weighted by atomic mass is 16.5. The molecule has 18 heavy (non-hydrogen) atoms. The summed E-state index contributed by atoms with van der Waals surface area (Å²) < 4.78 is 10.5. The van der Waals surface area contributed by atoms with E-state index >= 15 is 0 Å². The molecule has 0 saturated carbocycles. The Hall–Kier alpha value is -2.08. The fraction of sp³-hybridized carbons (Fsp3) is 0.333. The third-order valence-corrected chi connectivity index (χ3v) is 2.52. The summed E-state index contributed by atoms with van der Waals surface area (Å²) in [4.78, 5) is 18.1. The first-order chi connectivity index (χ1) is 8.72. The normalized spacial score (nSPS) is 10.7. The van der Waals surface area contributed by atoms with Crippen LogP contribution in [0.15, 0.2) is 23.3 Å². The Morgan fingerprint density at radius 3 is 3.00 bits per heavy atom. The zero-order valence-electron chi connectivity index (χ0n) is 10.1. The van der Waals surface area contributed by atoms with Crippen molar-refractivity contribution in [3.05, 3.63) is 28.8 Å². The van der Waals surface area contributed by atoms with Gasteiger partial charge in [-0.15, -0.1) is 0 Å². The van der Waals surface area contributed by atoms with Gasteiger partial charge >= 0.3 is 0 Å². The topological polar surface area (TPSA) is 90.2 Å². The van der Waals surface area contributed by atoms with Crippen LogP contribution < -0.4 is 16.0 Å². The number of methoxy groups -OCH3 is 1. The lowest BCUT2D eigenvalue weighted by atomic mass is 10.2. The van der Waals surface area contributed by atoms with Crippen LogP contribution in [0.1, 0.15) is 6.42 Å². The number of ether oxygens (including phenoxy) is 2. The molecule has 0 amide bonds. The number of nitrogens with one attached hydrogen (secondary N) is 1. The van der Waals surface area contributed by atoms with Crippen molar-refractivity contribution in [1.29, 1.82) is 0 Å². The molecule has 2 rings (SSSR count). The number of aromatic nitrogens is 2. The Balaban J connectivity index is 2.24. The smallest absolute Gasteiger partial charge is 0.258 e. The molecule has 0 aliphatic heterocycles. The van der Waals surface area contributed by atoms with Crippen molar-refractivity contribution in [2.75, 3.05) is 26.1 Å². The summed E-state index contributed by atoms with van der Waals surface area (Å²) >= 11 is 0. The first-order valence-corrected chi connectivity index (χ1v) is 5.61. The van der Waals surface area contributed by atoms with Gasteiger partial charge in [0.15, 0.2) is 0 Å². The second-order valence-corrected chi connectivity index (χ2v) is 3.83. The maximum absolute atomic E-state index is 11.5. The summed E-state index contributed by atoms with van der Waals surface area (Å²) in [6.07, 6.45) is 2.13. The number of nitrogens with two attached hydrogens (primary N) is 1. The molecule has 0 spiro atoms. The minimum absolute atomic E-state index is 0.211. The molecule has 0 bridgehead atoms. The number of hydrogen-bond donors (Lipinski definition) is 2. The zero-order valence-corrected chi connectivity index (χ0v) is 10.1. The third kappa shape index (κ3) is 2.60. The predicted molar refractivity (Wildman–Crippen MR) is 68.8 cm³/mol. The standard InChI is InChI=1S/C12H15N3O3/c1-17-3-2-4-18-11-6-10-8(5-9(11)13)12(16)15-7-14-10/h5-7H,2-4,13H2,1H3,(H,14,15,16). The molecular weight excluding hydrogens is 234 g/mol. The van der Waals surface area contributed by atoms with Crippen molar-refractivity contribution >= 4 is 16.6 Å². The predicted octanol–water partition coefficient (Wildman–Crippen LogP) is 0.921. The van der Waals surface area contributed by atoms with Gasteiger partial charge in [0, 0.05) is 26.2 Å². The number of anilines is 1. The molecule has 6 heteroatoms. The van der Waals surface area contributed by atoms with Crippen LogP contribution in [-0.2, 0) is 4.74 Å². The lowest BCUT2D eigenvalue weighted by molar-refractivity contribution is 0.172. The van der Waals surface area contributed by atoms with Gasteiger partial charge in [0.2, 0.25) is 0 Å². The first-order valence-electron chi connectivity index (χ1n) is 5.61. The van der Waals surface area contributed by atoms with E-state index in [4.69, 9.17) is 15.2 Å². The van der Waals surface area contributed by atoms with Crippen LogP contribution in [0.3, 0.4) is 0 Å². The molecular formula is C12H15N3O3. The minimum Gasteiger partial charge on any atom is -0.491 e. The molecule has 0 fully saturated rings. The van der Waals surface area contributed by atoms with Gasteiger partial charge in [0.1, 0.15) is 5.75 Å². The second-order valence-electron chi connectivity index (χ2n) is 3.83. The molecule has 0 unspecified atom stereocenters. The highest BCUT2D eigenvalue weighted by molar-refractivity contribution is 5.84. The van der Waals surface area contributed by atoms with Crippen molar-refractivity contribution in [3.8, 4) is 5.75 Å². The van der Waals surface area contributed by atoms with E-state index in [1.54, 1.807) is 19.2 Å². The number of hydrogen-bond acceptors (Lipinski definition) is 5. The van der Waals surface area contributed by atoms with Crippen LogP contribution in [0.2, 0.25) is 0 Å². The molecule has 1 aromatic heterocycles. The van der Waals surface area contributed by atoms with Gasteiger partial charge in [0.05, 0.1) is 29.5 Å². The van der Waals surface area contributed by atoms with Gasteiger partial charge in [-0.3, -0.25) is 4.79 Å². The number of nitrogens with zero attached hydrogens (tertiary/aromatic N) is 1. The van der Waals surface area contributed by atoms with Crippen LogP contribution in [0.4, 0.5) is 5.69 Å². The van der Waals surface area contributed by atoms with Gasteiger partial charge in [-0.25, -0.2) is 4.98 Å². The summed E-state index contributed by atoms with van der Waals surface area (Å²) in [7, 11) is 1.64. The number of fused-ring (bicyclic) bond motifs is 1. The maximum atomic E-state index is 11.5. The van der Waals surface area contributed by atoms with Crippen molar-refractivity contribution in [2.24, 2.45) is 0 Å². The minimum atomic E-state index is -0.211. The molecule has 1 heterocycles. The summed E-state index contributed by atoms with van der Waals surface area (Å²) in [5, 5.41) is 0.458. The zero-order chi connectivity index (χ0) is 13.0.